The fourth-order valence-electron chi connectivity index (χ4n) is 4.77. The second kappa shape index (κ2) is 8.20. The molecule has 1 saturated heterocycles. The number of benzene rings is 1. The summed E-state index contributed by atoms with van der Waals surface area (Å²) in [5.74, 6) is 1.32. The first-order valence-electron chi connectivity index (χ1n) is 10.9. The summed E-state index contributed by atoms with van der Waals surface area (Å²) < 4.78 is 7.63. The fraction of sp³-hybridized carbons (Fsp3) is 0.522. The lowest BCUT2D eigenvalue weighted by atomic mass is 9.77. The molecule has 0 spiro atoms. The van der Waals surface area contributed by atoms with E-state index >= 15 is 0 Å². The quantitative estimate of drug-likeness (QED) is 0.685. The Morgan fingerprint density at radius 1 is 1.14 bits per heavy atom. The SMILES string of the molecule is NCCCC1CC(n2cc(-c3cnc4c(C5CCOCC5)cccc4n3)cn2)C1. The van der Waals surface area contributed by atoms with Gasteiger partial charge in [-0.25, -0.2) is 4.98 Å². The Labute approximate surface area is 171 Å². The maximum absolute atomic E-state index is 5.62. The van der Waals surface area contributed by atoms with E-state index < -0.39 is 0 Å². The maximum atomic E-state index is 5.62. The third kappa shape index (κ3) is 3.79. The molecule has 2 aliphatic rings. The van der Waals surface area contributed by atoms with E-state index in [4.69, 9.17) is 20.4 Å². The largest absolute Gasteiger partial charge is 0.381 e. The molecule has 6 nitrogen and oxygen atoms in total. The summed E-state index contributed by atoms with van der Waals surface area (Å²) in [6.45, 7) is 2.46. The second-order valence-corrected chi connectivity index (χ2v) is 8.49. The van der Waals surface area contributed by atoms with Gasteiger partial charge < -0.3 is 10.5 Å². The predicted octanol–water partition coefficient (Wildman–Crippen LogP) is 4.08. The van der Waals surface area contributed by atoms with Gasteiger partial charge in [0.25, 0.3) is 0 Å². The molecule has 1 aromatic carbocycles. The van der Waals surface area contributed by atoms with E-state index in [1.165, 1.54) is 24.8 Å². The molecule has 3 aromatic rings. The van der Waals surface area contributed by atoms with Crippen LogP contribution in [0.1, 0.15) is 56.0 Å². The highest BCUT2D eigenvalue weighted by molar-refractivity contribution is 5.80. The lowest BCUT2D eigenvalue weighted by Crippen LogP contribution is -2.27. The molecule has 152 valence electrons. The van der Waals surface area contributed by atoms with Crippen molar-refractivity contribution in [2.45, 2.75) is 50.5 Å². The number of hydrogen-bond donors (Lipinski definition) is 1. The molecule has 0 atom stereocenters. The number of para-hydroxylation sites is 1. The average Bonchev–Trinajstić information content (AvgIpc) is 3.22. The zero-order valence-electron chi connectivity index (χ0n) is 16.8. The third-order valence-electron chi connectivity index (χ3n) is 6.56. The van der Waals surface area contributed by atoms with Gasteiger partial charge in [0, 0.05) is 25.0 Å². The first-order valence-corrected chi connectivity index (χ1v) is 10.9. The van der Waals surface area contributed by atoms with Crippen LogP contribution in [0, 0.1) is 5.92 Å². The smallest absolute Gasteiger partial charge is 0.0924 e. The van der Waals surface area contributed by atoms with Gasteiger partial charge in [0.05, 0.1) is 35.2 Å². The van der Waals surface area contributed by atoms with E-state index in [1.807, 2.05) is 12.4 Å². The normalized spacial score (nSPS) is 22.7. The highest BCUT2D eigenvalue weighted by atomic mass is 16.5. The lowest BCUT2D eigenvalue weighted by molar-refractivity contribution is 0.0856. The van der Waals surface area contributed by atoms with Gasteiger partial charge >= 0.3 is 0 Å². The monoisotopic (exact) mass is 391 g/mol. The van der Waals surface area contributed by atoms with Gasteiger partial charge in [0.15, 0.2) is 0 Å². The number of nitrogens with zero attached hydrogens (tertiary/aromatic N) is 4. The van der Waals surface area contributed by atoms with Gasteiger partial charge in [-0.05, 0) is 68.5 Å². The zero-order chi connectivity index (χ0) is 19.6. The fourth-order valence-corrected chi connectivity index (χ4v) is 4.77. The van der Waals surface area contributed by atoms with Gasteiger partial charge in [-0.15, -0.1) is 0 Å². The summed E-state index contributed by atoms with van der Waals surface area (Å²) in [7, 11) is 0. The minimum Gasteiger partial charge on any atom is -0.381 e. The van der Waals surface area contributed by atoms with Crippen molar-refractivity contribution in [3.8, 4) is 11.3 Å². The molecule has 2 fully saturated rings. The molecule has 2 N–H and O–H groups in total. The highest BCUT2D eigenvalue weighted by Crippen LogP contribution is 2.40. The van der Waals surface area contributed by atoms with Crippen LogP contribution in [0.4, 0.5) is 0 Å². The first kappa shape index (κ1) is 18.7. The molecular formula is C23H29N5O. The molecule has 0 bridgehead atoms. The minimum atomic E-state index is 0.514. The molecule has 0 amide bonds. The first-order chi connectivity index (χ1) is 14.3. The Balaban J connectivity index is 1.34. The number of nitrogens with two attached hydrogens (primary N) is 1. The molecule has 0 radical (unpaired) electrons. The van der Waals surface area contributed by atoms with Crippen LogP contribution in [0.5, 0.6) is 0 Å². The van der Waals surface area contributed by atoms with E-state index in [2.05, 4.69) is 34.2 Å². The van der Waals surface area contributed by atoms with E-state index in [0.29, 0.717) is 12.0 Å². The average molecular weight is 392 g/mol. The summed E-state index contributed by atoms with van der Waals surface area (Å²) in [5.41, 5.74) is 10.9. The molecule has 2 aromatic heterocycles. The van der Waals surface area contributed by atoms with Crippen molar-refractivity contribution in [2.24, 2.45) is 11.7 Å². The molecule has 0 unspecified atom stereocenters. The standard InChI is InChI=1S/C23H29N5O/c24-8-2-3-16-11-19(12-16)28-15-18(13-26-28)22-14-25-23-20(4-1-5-21(23)27-22)17-6-9-29-10-7-17/h1,4-5,13-17,19H,2-3,6-12,24H2. The van der Waals surface area contributed by atoms with E-state index in [0.717, 1.165) is 67.2 Å². The number of aromatic nitrogens is 4. The van der Waals surface area contributed by atoms with Crippen molar-refractivity contribution >= 4 is 11.0 Å². The summed E-state index contributed by atoms with van der Waals surface area (Å²) in [5, 5.41) is 4.61. The van der Waals surface area contributed by atoms with Gasteiger partial charge in [0.2, 0.25) is 0 Å². The van der Waals surface area contributed by atoms with Crippen LogP contribution in [0.15, 0.2) is 36.8 Å². The van der Waals surface area contributed by atoms with Gasteiger partial charge in [-0.2, -0.15) is 5.10 Å². The predicted molar refractivity (Wildman–Crippen MR) is 114 cm³/mol. The number of ether oxygens (including phenoxy) is 1. The van der Waals surface area contributed by atoms with Crippen molar-refractivity contribution in [2.75, 3.05) is 19.8 Å². The van der Waals surface area contributed by atoms with Crippen LogP contribution in [0.25, 0.3) is 22.3 Å². The van der Waals surface area contributed by atoms with Gasteiger partial charge in [-0.1, -0.05) is 12.1 Å². The lowest BCUT2D eigenvalue weighted by Gasteiger charge is -2.35. The summed E-state index contributed by atoms with van der Waals surface area (Å²) in [6.07, 6.45) is 12.9. The molecule has 5 rings (SSSR count). The third-order valence-corrected chi connectivity index (χ3v) is 6.56. The molecule has 1 aliphatic carbocycles. The van der Waals surface area contributed by atoms with Crippen LogP contribution in [0.2, 0.25) is 0 Å². The topological polar surface area (TPSA) is 78.9 Å². The Hall–Kier alpha value is -2.31. The van der Waals surface area contributed by atoms with E-state index in [1.54, 1.807) is 0 Å². The van der Waals surface area contributed by atoms with Crippen molar-refractivity contribution < 1.29 is 4.74 Å². The van der Waals surface area contributed by atoms with Gasteiger partial charge in [0.1, 0.15) is 0 Å². The Kier molecular flexibility index (Phi) is 5.29. The summed E-state index contributed by atoms with van der Waals surface area (Å²) >= 11 is 0. The van der Waals surface area contributed by atoms with Crippen molar-refractivity contribution in [1.29, 1.82) is 0 Å². The van der Waals surface area contributed by atoms with Crippen molar-refractivity contribution in [3.05, 3.63) is 42.4 Å². The van der Waals surface area contributed by atoms with Gasteiger partial charge in [-0.3, -0.25) is 9.67 Å². The summed E-state index contributed by atoms with van der Waals surface area (Å²) in [6, 6.07) is 6.88. The van der Waals surface area contributed by atoms with Crippen LogP contribution < -0.4 is 5.73 Å². The zero-order valence-corrected chi connectivity index (χ0v) is 16.8. The van der Waals surface area contributed by atoms with Crippen LogP contribution in [-0.2, 0) is 4.74 Å². The Morgan fingerprint density at radius 2 is 2.00 bits per heavy atom. The van der Waals surface area contributed by atoms with Crippen molar-refractivity contribution in [1.82, 2.24) is 19.7 Å². The number of hydrogen-bond acceptors (Lipinski definition) is 5. The van der Waals surface area contributed by atoms with Crippen LogP contribution in [-0.4, -0.2) is 39.5 Å². The van der Waals surface area contributed by atoms with E-state index in [9.17, 15) is 0 Å². The number of rotatable bonds is 6. The highest BCUT2D eigenvalue weighted by Gasteiger charge is 2.30. The second-order valence-electron chi connectivity index (χ2n) is 8.49. The van der Waals surface area contributed by atoms with E-state index in [-0.39, 0.29) is 0 Å². The van der Waals surface area contributed by atoms with Crippen LogP contribution in [0.3, 0.4) is 0 Å². The molecule has 6 heteroatoms. The molecule has 1 aliphatic heterocycles. The summed E-state index contributed by atoms with van der Waals surface area (Å²) in [4.78, 5) is 9.73. The van der Waals surface area contributed by atoms with Crippen molar-refractivity contribution in [3.63, 3.8) is 0 Å². The molecule has 29 heavy (non-hydrogen) atoms. The molecular weight excluding hydrogens is 362 g/mol. The Bertz CT molecular complexity index is 972. The van der Waals surface area contributed by atoms with Crippen LogP contribution >= 0.6 is 0 Å². The minimum absolute atomic E-state index is 0.514. The maximum Gasteiger partial charge on any atom is 0.0924 e. The molecule has 1 saturated carbocycles. The molecule has 3 heterocycles. The Morgan fingerprint density at radius 3 is 2.83 bits per heavy atom. The number of fused-ring (bicyclic) bond motifs is 1.